The maximum absolute atomic E-state index is 12.0. The summed E-state index contributed by atoms with van der Waals surface area (Å²) in [7, 11) is 0. The molecule has 6 heteroatoms. The fourth-order valence-corrected chi connectivity index (χ4v) is 1.74. The number of carbonyl (C=O) groups is 1. The average molecular weight is 260 g/mol. The number of pyridine rings is 1. The number of aromatic nitrogens is 3. The zero-order valence-corrected chi connectivity index (χ0v) is 11.0. The quantitative estimate of drug-likeness (QED) is 0.843. The van der Waals surface area contributed by atoms with E-state index in [1.165, 1.54) is 0 Å². The lowest BCUT2D eigenvalue weighted by atomic mass is 10.3. The van der Waals surface area contributed by atoms with E-state index in [4.69, 9.17) is 10.5 Å². The van der Waals surface area contributed by atoms with Crippen molar-refractivity contribution in [3.05, 3.63) is 41.5 Å². The molecule has 2 aromatic rings. The molecule has 0 saturated carbocycles. The first-order chi connectivity index (χ1) is 9.13. The third-order valence-electron chi connectivity index (χ3n) is 2.76. The summed E-state index contributed by atoms with van der Waals surface area (Å²) in [5, 5.41) is 4.18. The van der Waals surface area contributed by atoms with Gasteiger partial charge < -0.3 is 10.5 Å². The van der Waals surface area contributed by atoms with Crippen molar-refractivity contribution in [2.75, 3.05) is 5.73 Å². The van der Waals surface area contributed by atoms with Gasteiger partial charge in [-0.2, -0.15) is 5.10 Å². The van der Waals surface area contributed by atoms with Gasteiger partial charge in [-0.3, -0.25) is 9.67 Å². The summed E-state index contributed by atoms with van der Waals surface area (Å²) >= 11 is 0. The minimum atomic E-state index is -0.469. The largest absolute Gasteiger partial charge is 0.456 e. The van der Waals surface area contributed by atoms with E-state index >= 15 is 0 Å². The Morgan fingerprint density at radius 2 is 2.32 bits per heavy atom. The number of hydrogen-bond acceptors (Lipinski definition) is 5. The maximum Gasteiger partial charge on any atom is 0.359 e. The van der Waals surface area contributed by atoms with Gasteiger partial charge >= 0.3 is 5.97 Å². The first-order valence-electron chi connectivity index (χ1n) is 6.02. The molecule has 100 valence electrons. The summed E-state index contributed by atoms with van der Waals surface area (Å²) < 4.78 is 6.78. The normalized spacial score (nSPS) is 10.4. The van der Waals surface area contributed by atoms with Crippen LogP contribution in [0.5, 0.6) is 0 Å². The molecule has 0 aromatic carbocycles. The van der Waals surface area contributed by atoms with Crippen LogP contribution in [0, 0.1) is 6.92 Å². The number of carbonyl (C=O) groups excluding carboxylic acids is 1. The molecule has 0 aliphatic carbocycles. The number of esters is 1. The van der Waals surface area contributed by atoms with Crippen LogP contribution in [0.2, 0.25) is 0 Å². The summed E-state index contributed by atoms with van der Waals surface area (Å²) in [6.07, 6.45) is 3.32. The van der Waals surface area contributed by atoms with Gasteiger partial charge in [-0.1, -0.05) is 6.07 Å². The standard InChI is InChI=1S/C13H16N4O2/c1-3-17-12(11(14)9(2)16-17)13(18)19-8-10-5-4-6-15-7-10/h4-7H,3,8,14H2,1-2H3. The number of aryl methyl sites for hydroxylation is 2. The van der Waals surface area contributed by atoms with Gasteiger partial charge in [0.15, 0.2) is 5.69 Å². The molecule has 0 unspecified atom stereocenters. The minimum absolute atomic E-state index is 0.167. The van der Waals surface area contributed by atoms with E-state index < -0.39 is 5.97 Å². The molecule has 19 heavy (non-hydrogen) atoms. The van der Waals surface area contributed by atoms with E-state index in [9.17, 15) is 4.79 Å². The SMILES string of the molecule is CCn1nc(C)c(N)c1C(=O)OCc1cccnc1. The molecule has 0 fully saturated rings. The Bertz CT molecular complexity index is 578. The summed E-state index contributed by atoms with van der Waals surface area (Å²) in [6.45, 7) is 4.39. The van der Waals surface area contributed by atoms with Crippen LogP contribution in [-0.2, 0) is 17.9 Å². The number of rotatable bonds is 4. The molecule has 0 saturated heterocycles. The van der Waals surface area contributed by atoms with Crippen LogP contribution in [0.1, 0.15) is 28.7 Å². The van der Waals surface area contributed by atoms with E-state index in [-0.39, 0.29) is 6.61 Å². The van der Waals surface area contributed by atoms with Crippen LogP contribution in [0.4, 0.5) is 5.69 Å². The third-order valence-corrected chi connectivity index (χ3v) is 2.76. The van der Waals surface area contributed by atoms with E-state index in [0.717, 1.165) is 5.56 Å². The molecular weight excluding hydrogens is 244 g/mol. The molecule has 0 amide bonds. The Balaban J connectivity index is 2.12. The number of hydrogen-bond donors (Lipinski definition) is 1. The second-order valence-corrected chi connectivity index (χ2v) is 4.10. The van der Waals surface area contributed by atoms with E-state index in [1.54, 1.807) is 30.1 Å². The van der Waals surface area contributed by atoms with E-state index in [1.807, 2.05) is 13.0 Å². The Morgan fingerprint density at radius 3 is 2.95 bits per heavy atom. The van der Waals surface area contributed by atoms with Gasteiger partial charge in [0, 0.05) is 24.5 Å². The van der Waals surface area contributed by atoms with Gasteiger partial charge in [0.2, 0.25) is 0 Å². The van der Waals surface area contributed by atoms with Crippen LogP contribution in [0.3, 0.4) is 0 Å². The Labute approximate surface area is 111 Å². The Morgan fingerprint density at radius 1 is 1.53 bits per heavy atom. The van der Waals surface area contributed by atoms with Crippen molar-refractivity contribution in [3.63, 3.8) is 0 Å². The van der Waals surface area contributed by atoms with E-state index in [2.05, 4.69) is 10.1 Å². The summed E-state index contributed by atoms with van der Waals surface area (Å²) in [4.78, 5) is 16.0. The lowest BCUT2D eigenvalue weighted by Gasteiger charge is -2.06. The van der Waals surface area contributed by atoms with Gasteiger partial charge in [0.05, 0.1) is 11.4 Å². The first kappa shape index (κ1) is 13.1. The van der Waals surface area contributed by atoms with Gasteiger partial charge in [-0.25, -0.2) is 4.79 Å². The first-order valence-corrected chi connectivity index (χ1v) is 6.02. The number of nitrogens with zero attached hydrogens (tertiary/aromatic N) is 3. The highest BCUT2D eigenvalue weighted by molar-refractivity contribution is 5.93. The summed E-state index contributed by atoms with van der Waals surface area (Å²) in [6, 6.07) is 3.63. The summed E-state index contributed by atoms with van der Waals surface area (Å²) in [5.74, 6) is -0.469. The zero-order chi connectivity index (χ0) is 13.8. The molecule has 2 aromatic heterocycles. The van der Waals surface area contributed by atoms with Crippen LogP contribution in [0.15, 0.2) is 24.5 Å². The number of nitrogens with two attached hydrogens (primary N) is 1. The van der Waals surface area contributed by atoms with Gasteiger partial charge in [-0.15, -0.1) is 0 Å². The molecular formula is C13H16N4O2. The molecule has 2 rings (SSSR count). The van der Waals surface area contributed by atoms with Crippen LogP contribution < -0.4 is 5.73 Å². The van der Waals surface area contributed by atoms with Crippen LogP contribution in [-0.4, -0.2) is 20.7 Å². The smallest absolute Gasteiger partial charge is 0.359 e. The fourth-order valence-electron chi connectivity index (χ4n) is 1.74. The minimum Gasteiger partial charge on any atom is -0.456 e. The molecule has 0 aliphatic heterocycles. The highest BCUT2D eigenvalue weighted by Crippen LogP contribution is 2.18. The second-order valence-electron chi connectivity index (χ2n) is 4.10. The van der Waals surface area contributed by atoms with Crippen molar-refractivity contribution in [1.82, 2.24) is 14.8 Å². The topological polar surface area (TPSA) is 83.0 Å². The van der Waals surface area contributed by atoms with Gasteiger partial charge in [-0.05, 0) is 19.9 Å². The monoisotopic (exact) mass is 260 g/mol. The predicted octanol–water partition coefficient (Wildman–Crippen LogP) is 1.55. The van der Waals surface area contributed by atoms with Crippen molar-refractivity contribution in [2.45, 2.75) is 27.0 Å². The Kier molecular flexibility index (Phi) is 3.79. The molecule has 0 atom stereocenters. The second kappa shape index (κ2) is 5.51. The summed E-state index contributed by atoms with van der Waals surface area (Å²) in [5.41, 5.74) is 8.00. The lowest BCUT2D eigenvalue weighted by Crippen LogP contribution is -2.14. The molecule has 0 bridgehead atoms. The highest BCUT2D eigenvalue weighted by atomic mass is 16.5. The molecule has 0 radical (unpaired) electrons. The van der Waals surface area contributed by atoms with Crippen molar-refractivity contribution >= 4 is 11.7 Å². The molecule has 0 spiro atoms. The number of anilines is 1. The molecule has 0 aliphatic rings. The number of nitrogen functional groups attached to an aromatic ring is 1. The van der Waals surface area contributed by atoms with Crippen LogP contribution >= 0.6 is 0 Å². The fraction of sp³-hybridized carbons (Fsp3) is 0.308. The lowest BCUT2D eigenvalue weighted by molar-refractivity contribution is 0.0459. The molecule has 6 nitrogen and oxygen atoms in total. The average Bonchev–Trinajstić information content (AvgIpc) is 2.73. The third kappa shape index (κ3) is 2.73. The van der Waals surface area contributed by atoms with Crippen molar-refractivity contribution in [1.29, 1.82) is 0 Å². The number of ether oxygens (including phenoxy) is 1. The molecule has 2 heterocycles. The van der Waals surface area contributed by atoms with Gasteiger partial charge in [0.25, 0.3) is 0 Å². The Hall–Kier alpha value is -2.37. The van der Waals surface area contributed by atoms with Crippen molar-refractivity contribution < 1.29 is 9.53 Å². The predicted molar refractivity (Wildman–Crippen MR) is 70.4 cm³/mol. The zero-order valence-electron chi connectivity index (χ0n) is 11.0. The maximum atomic E-state index is 12.0. The van der Waals surface area contributed by atoms with Crippen molar-refractivity contribution in [3.8, 4) is 0 Å². The highest BCUT2D eigenvalue weighted by Gasteiger charge is 2.20. The molecule has 2 N–H and O–H groups in total. The van der Waals surface area contributed by atoms with E-state index in [0.29, 0.717) is 23.6 Å². The van der Waals surface area contributed by atoms with Crippen LogP contribution in [0.25, 0.3) is 0 Å². The van der Waals surface area contributed by atoms with Gasteiger partial charge in [0.1, 0.15) is 6.61 Å². The van der Waals surface area contributed by atoms with Crippen molar-refractivity contribution in [2.24, 2.45) is 0 Å².